The summed E-state index contributed by atoms with van der Waals surface area (Å²) in [6.07, 6.45) is -6.42. The Bertz CT molecular complexity index is 904. The fraction of sp³-hybridized carbons (Fsp3) is 0.214. The van der Waals surface area contributed by atoms with Crippen LogP contribution < -0.4 is 5.32 Å². The molecule has 0 aliphatic carbocycles. The van der Waals surface area contributed by atoms with Gasteiger partial charge in [-0.15, -0.1) is 11.3 Å². The summed E-state index contributed by atoms with van der Waals surface area (Å²) in [5.74, 6) is -2.02. The van der Waals surface area contributed by atoms with Crippen LogP contribution in [0.1, 0.15) is 12.5 Å². The van der Waals surface area contributed by atoms with Crippen LogP contribution in [0, 0.1) is 5.82 Å². The first-order valence-electron chi connectivity index (χ1n) is 6.63. The number of halogens is 4. The van der Waals surface area contributed by atoms with E-state index in [4.69, 9.17) is 5.11 Å². The van der Waals surface area contributed by atoms with Gasteiger partial charge in [0.2, 0.25) is 9.84 Å². The van der Waals surface area contributed by atoms with Gasteiger partial charge in [0.15, 0.2) is 0 Å². The van der Waals surface area contributed by atoms with Crippen LogP contribution in [0.25, 0.3) is 0 Å². The third-order valence-corrected chi connectivity index (χ3v) is 6.31. The molecule has 1 aromatic carbocycles. The number of thiophene rings is 1. The van der Waals surface area contributed by atoms with E-state index >= 15 is 0 Å². The molecule has 1 atom stereocenters. The van der Waals surface area contributed by atoms with Gasteiger partial charge in [0.1, 0.15) is 16.1 Å². The maximum atomic E-state index is 13.1. The van der Waals surface area contributed by atoms with Crippen molar-refractivity contribution in [1.82, 2.24) is 0 Å². The quantitative estimate of drug-likeness (QED) is 0.614. The van der Waals surface area contributed by atoms with Crippen molar-refractivity contribution >= 4 is 32.1 Å². The predicted molar refractivity (Wildman–Crippen MR) is 81.5 cm³/mol. The number of rotatable bonds is 4. The van der Waals surface area contributed by atoms with E-state index in [9.17, 15) is 30.8 Å². The summed E-state index contributed by atoms with van der Waals surface area (Å²) in [5.41, 5.74) is -1.62. The average Bonchev–Trinajstić information content (AvgIpc) is 2.95. The van der Waals surface area contributed by atoms with Gasteiger partial charge < -0.3 is 10.4 Å². The number of aliphatic hydroxyl groups excluding tert-OH is 1. The molecule has 0 spiro atoms. The maximum Gasteiger partial charge on any atom is 0.417 e. The molecule has 2 aromatic rings. The SMILES string of the molecule is C[C@H](O)C(=O)Nc1ccc(S(=O)(=O)c2ccc(F)cc2C(F)(F)F)s1. The van der Waals surface area contributed by atoms with E-state index in [0.29, 0.717) is 23.5 Å². The van der Waals surface area contributed by atoms with Crippen molar-refractivity contribution in [2.75, 3.05) is 5.32 Å². The summed E-state index contributed by atoms with van der Waals surface area (Å²) in [4.78, 5) is 10.3. The summed E-state index contributed by atoms with van der Waals surface area (Å²) in [5, 5.41) is 11.3. The Morgan fingerprint density at radius 3 is 2.44 bits per heavy atom. The molecular weight excluding hydrogens is 386 g/mol. The molecule has 5 nitrogen and oxygen atoms in total. The number of carbonyl (C=O) groups is 1. The molecule has 0 radical (unpaired) electrons. The molecule has 1 aromatic heterocycles. The molecule has 0 unspecified atom stereocenters. The summed E-state index contributed by atoms with van der Waals surface area (Å²) in [7, 11) is -4.59. The summed E-state index contributed by atoms with van der Waals surface area (Å²) < 4.78 is 76.7. The van der Waals surface area contributed by atoms with Gasteiger partial charge in [0.05, 0.1) is 15.5 Å². The van der Waals surface area contributed by atoms with Crippen molar-refractivity contribution in [1.29, 1.82) is 0 Å². The van der Waals surface area contributed by atoms with Gasteiger partial charge >= 0.3 is 6.18 Å². The second kappa shape index (κ2) is 6.73. The van der Waals surface area contributed by atoms with E-state index in [0.717, 1.165) is 6.07 Å². The fourth-order valence-corrected chi connectivity index (χ4v) is 4.62. The number of hydrogen-bond acceptors (Lipinski definition) is 5. The number of anilines is 1. The van der Waals surface area contributed by atoms with Crippen molar-refractivity contribution in [2.45, 2.75) is 28.3 Å². The van der Waals surface area contributed by atoms with Crippen LogP contribution in [0.2, 0.25) is 0 Å². The fourth-order valence-electron chi connectivity index (χ4n) is 1.82. The third kappa shape index (κ3) is 4.17. The van der Waals surface area contributed by atoms with Gasteiger partial charge in [-0.25, -0.2) is 12.8 Å². The minimum absolute atomic E-state index is 0.0279. The predicted octanol–water partition coefficient (Wildman–Crippen LogP) is 3.06. The lowest BCUT2D eigenvalue weighted by molar-refractivity contribution is -0.140. The zero-order valence-corrected chi connectivity index (χ0v) is 14.1. The average molecular weight is 397 g/mol. The zero-order chi connectivity index (χ0) is 19.0. The Labute approximate surface area is 143 Å². The van der Waals surface area contributed by atoms with E-state index in [-0.39, 0.29) is 11.1 Å². The van der Waals surface area contributed by atoms with Gasteiger partial charge in [0, 0.05) is 0 Å². The van der Waals surface area contributed by atoms with Crippen LogP contribution >= 0.6 is 11.3 Å². The number of sulfone groups is 1. The number of alkyl halides is 3. The zero-order valence-electron chi connectivity index (χ0n) is 12.5. The summed E-state index contributed by atoms with van der Waals surface area (Å²) >= 11 is 0.512. The van der Waals surface area contributed by atoms with Crippen LogP contribution in [0.3, 0.4) is 0 Å². The molecule has 0 aliphatic heterocycles. The molecule has 25 heavy (non-hydrogen) atoms. The second-order valence-corrected chi connectivity index (χ2v) is 8.15. The van der Waals surface area contributed by atoms with E-state index in [1.54, 1.807) is 0 Å². The first-order chi connectivity index (χ1) is 11.4. The monoisotopic (exact) mass is 397 g/mol. The molecule has 1 heterocycles. The minimum Gasteiger partial charge on any atom is -0.384 e. The van der Waals surface area contributed by atoms with Gasteiger partial charge in [-0.05, 0) is 37.3 Å². The molecule has 136 valence electrons. The van der Waals surface area contributed by atoms with Crippen LogP contribution in [-0.2, 0) is 20.8 Å². The molecule has 0 fully saturated rings. The molecular formula is C14H11F4NO4S2. The van der Waals surface area contributed by atoms with Crippen molar-refractivity contribution in [3.05, 3.63) is 41.7 Å². The van der Waals surface area contributed by atoms with Gasteiger partial charge in [-0.2, -0.15) is 13.2 Å². The first kappa shape index (κ1) is 19.3. The summed E-state index contributed by atoms with van der Waals surface area (Å²) in [6.45, 7) is 1.19. The van der Waals surface area contributed by atoms with E-state index < -0.39 is 48.5 Å². The highest BCUT2D eigenvalue weighted by Crippen LogP contribution is 2.39. The van der Waals surface area contributed by atoms with E-state index in [1.807, 2.05) is 0 Å². The molecule has 1 amide bonds. The number of nitrogens with one attached hydrogen (secondary N) is 1. The van der Waals surface area contributed by atoms with Crippen LogP contribution in [0.4, 0.5) is 22.6 Å². The lowest BCUT2D eigenvalue weighted by atomic mass is 10.2. The third-order valence-electron chi connectivity index (χ3n) is 3.01. The number of carbonyl (C=O) groups excluding carboxylic acids is 1. The molecule has 0 saturated carbocycles. The molecule has 0 saturated heterocycles. The Hall–Kier alpha value is -1.98. The van der Waals surface area contributed by atoms with Gasteiger partial charge in [-0.1, -0.05) is 0 Å². The van der Waals surface area contributed by atoms with Crippen LogP contribution in [0.15, 0.2) is 39.4 Å². The van der Waals surface area contributed by atoms with Crippen molar-refractivity contribution in [2.24, 2.45) is 0 Å². The number of benzene rings is 1. The van der Waals surface area contributed by atoms with Crippen molar-refractivity contribution in [3.63, 3.8) is 0 Å². The summed E-state index contributed by atoms with van der Waals surface area (Å²) in [6, 6.07) is 3.46. The smallest absolute Gasteiger partial charge is 0.384 e. The highest BCUT2D eigenvalue weighted by Gasteiger charge is 2.38. The van der Waals surface area contributed by atoms with E-state index in [2.05, 4.69) is 5.32 Å². The lowest BCUT2D eigenvalue weighted by Gasteiger charge is -2.12. The minimum atomic E-state index is -5.06. The van der Waals surface area contributed by atoms with Gasteiger partial charge in [-0.3, -0.25) is 4.79 Å². The molecule has 0 bridgehead atoms. The molecule has 2 rings (SSSR count). The Kier molecular flexibility index (Phi) is 5.21. The van der Waals surface area contributed by atoms with Crippen molar-refractivity contribution in [3.8, 4) is 0 Å². The van der Waals surface area contributed by atoms with Gasteiger partial charge in [0.25, 0.3) is 5.91 Å². The molecule has 0 aliphatic rings. The van der Waals surface area contributed by atoms with Crippen molar-refractivity contribution < 1.29 is 35.9 Å². The second-order valence-electron chi connectivity index (χ2n) is 4.93. The number of aliphatic hydroxyl groups is 1. The number of hydrogen-bond donors (Lipinski definition) is 2. The van der Waals surface area contributed by atoms with Crippen LogP contribution in [-0.4, -0.2) is 25.5 Å². The first-order valence-corrected chi connectivity index (χ1v) is 8.93. The van der Waals surface area contributed by atoms with E-state index in [1.165, 1.54) is 13.0 Å². The molecule has 2 N–H and O–H groups in total. The standard InChI is InChI=1S/C14H11F4NO4S2/c1-7(20)13(21)19-11-4-5-12(24-11)25(22,23)10-3-2-8(15)6-9(10)14(16,17)18/h2-7,20H,1H3,(H,19,21)/t7-/m0/s1. The lowest BCUT2D eigenvalue weighted by Crippen LogP contribution is -2.23. The maximum absolute atomic E-state index is 13.1. The molecule has 11 heteroatoms. The largest absolute Gasteiger partial charge is 0.417 e. The highest BCUT2D eigenvalue weighted by molar-refractivity contribution is 7.93. The number of amides is 1. The highest BCUT2D eigenvalue weighted by atomic mass is 32.2. The normalized spacial score (nSPS) is 13.5. The topological polar surface area (TPSA) is 83.5 Å². The Morgan fingerprint density at radius 2 is 1.88 bits per heavy atom. The Balaban J connectivity index is 2.47. The Morgan fingerprint density at radius 1 is 1.24 bits per heavy atom. The van der Waals surface area contributed by atoms with Crippen LogP contribution in [0.5, 0.6) is 0 Å².